The van der Waals surface area contributed by atoms with E-state index in [-0.39, 0.29) is 5.57 Å². The van der Waals surface area contributed by atoms with Crippen LogP contribution >= 0.6 is 15.9 Å². The molecule has 1 fully saturated rings. The summed E-state index contributed by atoms with van der Waals surface area (Å²) < 4.78 is 11.6. The topological polar surface area (TPSA) is 67.9 Å². The van der Waals surface area contributed by atoms with Crippen LogP contribution in [0.15, 0.2) is 65.2 Å². The molecule has 0 radical (unpaired) electrons. The molecule has 0 unspecified atom stereocenters. The lowest BCUT2D eigenvalue weighted by Crippen LogP contribution is -2.35. The summed E-state index contributed by atoms with van der Waals surface area (Å²) >= 11 is 3.36. The van der Waals surface area contributed by atoms with Crippen LogP contribution in [-0.4, -0.2) is 25.5 Å². The molecular weight excluding hydrogens is 412 g/mol. The molecule has 1 aliphatic heterocycles. The molecule has 1 N–H and O–H groups in total. The predicted molar refractivity (Wildman–Crippen MR) is 106 cm³/mol. The summed E-state index contributed by atoms with van der Waals surface area (Å²) in [5.74, 6) is 0.161. The van der Waals surface area contributed by atoms with Crippen molar-refractivity contribution in [2.75, 3.05) is 18.7 Å². The third-order valence-corrected chi connectivity index (χ3v) is 4.31. The molecule has 138 valence electrons. The van der Waals surface area contributed by atoms with E-state index in [1.807, 2.05) is 6.07 Å². The van der Waals surface area contributed by atoms with E-state index in [1.54, 1.807) is 42.5 Å². The number of carbonyl (C=O) groups is 2. The molecule has 2 aromatic rings. The highest BCUT2D eigenvalue weighted by Gasteiger charge is 2.34. The third kappa shape index (κ3) is 4.03. The number of amides is 2. The van der Waals surface area contributed by atoms with E-state index in [9.17, 15) is 9.59 Å². The van der Waals surface area contributed by atoms with Crippen LogP contribution in [0.4, 0.5) is 5.69 Å². The Morgan fingerprint density at radius 1 is 1.19 bits per heavy atom. The van der Waals surface area contributed by atoms with Crippen LogP contribution < -0.4 is 19.9 Å². The second-order valence-electron chi connectivity index (χ2n) is 5.63. The number of ether oxygens (including phenoxy) is 2. The molecule has 2 amide bonds. The predicted octanol–water partition coefficient (Wildman–Crippen LogP) is 3.48. The van der Waals surface area contributed by atoms with Crippen LogP contribution in [0, 0.1) is 0 Å². The summed E-state index contributed by atoms with van der Waals surface area (Å²) in [6.07, 6.45) is 3.16. The fraction of sp³-hybridized carbons (Fsp3) is 0.100. The van der Waals surface area contributed by atoms with Gasteiger partial charge in [0.2, 0.25) is 0 Å². The highest BCUT2D eigenvalue weighted by molar-refractivity contribution is 9.10. The molecule has 0 spiro atoms. The number of hydrogen-bond donors (Lipinski definition) is 1. The molecular formula is C20H17BrN2O4. The van der Waals surface area contributed by atoms with E-state index in [2.05, 4.69) is 27.9 Å². The highest BCUT2D eigenvalue weighted by Crippen LogP contribution is 2.30. The Morgan fingerprint density at radius 3 is 2.70 bits per heavy atom. The Kier molecular flexibility index (Phi) is 5.61. The van der Waals surface area contributed by atoms with Crippen LogP contribution in [-0.2, 0) is 9.59 Å². The molecule has 0 bridgehead atoms. The van der Waals surface area contributed by atoms with Gasteiger partial charge in [-0.1, -0.05) is 40.7 Å². The van der Waals surface area contributed by atoms with Gasteiger partial charge in [-0.15, -0.1) is 0 Å². The molecule has 6 nitrogen and oxygen atoms in total. The van der Waals surface area contributed by atoms with E-state index in [0.717, 1.165) is 4.47 Å². The largest absolute Gasteiger partial charge is 0.493 e. The summed E-state index contributed by atoms with van der Waals surface area (Å²) in [5.41, 5.74) is 3.83. The minimum atomic E-state index is -0.467. The molecule has 0 aliphatic carbocycles. The monoisotopic (exact) mass is 428 g/mol. The Balaban J connectivity index is 1.89. The summed E-state index contributed by atoms with van der Waals surface area (Å²) in [7, 11) is 1.52. The minimum Gasteiger partial charge on any atom is -0.493 e. The van der Waals surface area contributed by atoms with Crippen molar-refractivity contribution < 1.29 is 19.1 Å². The molecule has 0 aromatic heterocycles. The lowest BCUT2D eigenvalue weighted by molar-refractivity contribution is -0.117. The van der Waals surface area contributed by atoms with Gasteiger partial charge >= 0.3 is 0 Å². The molecule has 0 saturated carbocycles. The Labute approximate surface area is 165 Å². The van der Waals surface area contributed by atoms with Gasteiger partial charge in [0.1, 0.15) is 12.2 Å². The molecule has 3 rings (SSSR count). The number of hydrazine groups is 1. The number of nitrogens with zero attached hydrogens (tertiary/aromatic N) is 1. The molecule has 7 heteroatoms. The van der Waals surface area contributed by atoms with E-state index in [1.165, 1.54) is 18.2 Å². The van der Waals surface area contributed by atoms with Crippen molar-refractivity contribution in [1.82, 2.24) is 5.43 Å². The Bertz CT molecular complexity index is 939. The average Bonchev–Trinajstić information content (AvgIpc) is 2.95. The summed E-state index contributed by atoms with van der Waals surface area (Å²) in [5, 5.41) is 1.22. The van der Waals surface area contributed by atoms with Gasteiger partial charge < -0.3 is 9.47 Å². The van der Waals surface area contributed by atoms with Crippen molar-refractivity contribution in [1.29, 1.82) is 0 Å². The number of halogens is 1. The van der Waals surface area contributed by atoms with Gasteiger partial charge in [-0.3, -0.25) is 15.0 Å². The zero-order valence-electron chi connectivity index (χ0n) is 14.6. The summed E-state index contributed by atoms with van der Waals surface area (Å²) in [4.78, 5) is 25.0. The molecule has 0 atom stereocenters. The molecule has 1 saturated heterocycles. The van der Waals surface area contributed by atoms with Gasteiger partial charge in [-0.05, 0) is 42.0 Å². The maximum Gasteiger partial charge on any atom is 0.282 e. The molecule has 1 heterocycles. The smallest absolute Gasteiger partial charge is 0.282 e. The first-order valence-electron chi connectivity index (χ1n) is 8.08. The zero-order valence-corrected chi connectivity index (χ0v) is 16.2. The quantitative estimate of drug-likeness (QED) is 0.434. The normalized spacial score (nSPS) is 15.0. The molecule has 1 aliphatic rings. The van der Waals surface area contributed by atoms with Crippen LogP contribution in [0.25, 0.3) is 6.08 Å². The third-order valence-electron chi connectivity index (χ3n) is 3.81. The number of anilines is 1. The van der Waals surface area contributed by atoms with Crippen molar-refractivity contribution in [2.24, 2.45) is 0 Å². The van der Waals surface area contributed by atoms with Gasteiger partial charge in [-0.25, -0.2) is 5.01 Å². The number of carbonyl (C=O) groups excluding carboxylic acids is 2. The molecule has 27 heavy (non-hydrogen) atoms. The maximum atomic E-state index is 12.7. The van der Waals surface area contributed by atoms with E-state index < -0.39 is 11.8 Å². The molecule has 2 aromatic carbocycles. The second kappa shape index (κ2) is 8.09. The standard InChI is InChI=1S/C20H17BrN2O4/c1-3-9-27-17-8-7-13(11-18(17)26-2)10-16-19(24)22-23(20(16)25)15-6-4-5-14(21)12-15/h3-8,10-12H,1,9H2,2H3,(H,22,24)/b16-10+. The zero-order chi connectivity index (χ0) is 19.4. The first-order valence-corrected chi connectivity index (χ1v) is 8.87. The average molecular weight is 429 g/mol. The SMILES string of the molecule is C=CCOc1ccc(/C=C2\C(=O)NN(c3cccc(Br)c3)C2=O)cc1OC. The van der Waals surface area contributed by atoms with E-state index >= 15 is 0 Å². The van der Waals surface area contributed by atoms with Crippen molar-refractivity contribution >= 4 is 39.5 Å². The summed E-state index contributed by atoms with van der Waals surface area (Å²) in [6, 6.07) is 12.3. The van der Waals surface area contributed by atoms with E-state index in [0.29, 0.717) is 29.4 Å². The van der Waals surface area contributed by atoms with Gasteiger partial charge in [0, 0.05) is 4.47 Å². The number of benzene rings is 2. The Hall–Kier alpha value is -3.06. The first-order chi connectivity index (χ1) is 13.0. The van der Waals surface area contributed by atoms with Crippen LogP contribution in [0.5, 0.6) is 11.5 Å². The van der Waals surface area contributed by atoms with Gasteiger partial charge in [0.25, 0.3) is 11.8 Å². The lowest BCUT2D eigenvalue weighted by atomic mass is 10.1. The lowest BCUT2D eigenvalue weighted by Gasteiger charge is -2.14. The minimum absolute atomic E-state index is 0.0387. The van der Waals surface area contributed by atoms with Gasteiger partial charge in [-0.2, -0.15) is 0 Å². The Morgan fingerprint density at radius 2 is 2.00 bits per heavy atom. The number of methoxy groups -OCH3 is 1. The van der Waals surface area contributed by atoms with Crippen molar-refractivity contribution in [3.05, 3.63) is 70.7 Å². The highest BCUT2D eigenvalue weighted by atomic mass is 79.9. The maximum absolute atomic E-state index is 12.7. The van der Waals surface area contributed by atoms with Crippen LogP contribution in [0.1, 0.15) is 5.56 Å². The summed E-state index contributed by atoms with van der Waals surface area (Å²) in [6.45, 7) is 3.95. The number of nitrogens with one attached hydrogen (secondary N) is 1. The van der Waals surface area contributed by atoms with Crippen molar-refractivity contribution in [2.45, 2.75) is 0 Å². The van der Waals surface area contributed by atoms with Crippen LogP contribution in [0.3, 0.4) is 0 Å². The van der Waals surface area contributed by atoms with Crippen LogP contribution in [0.2, 0.25) is 0 Å². The van der Waals surface area contributed by atoms with Crippen molar-refractivity contribution in [3.63, 3.8) is 0 Å². The van der Waals surface area contributed by atoms with Crippen molar-refractivity contribution in [3.8, 4) is 11.5 Å². The number of rotatable bonds is 6. The van der Waals surface area contributed by atoms with Gasteiger partial charge in [0.05, 0.1) is 12.8 Å². The fourth-order valence-electron chi connectivity index (χ4n) is 2.56. The first kappa shape index (κ1) is 18.7. The van der Waals surface area contributed by atoms with E-state index in [4.69, 9.17) is 9.47 Å². The second-order valence-corrected chi connectivity index (χ2v) is 6.55. The van der Waals surface area contributed by atoms with Gasteiger partial charge in [0.15, 0.2) is 11.5 Å². The number of hydrogen-bond acceptors (Lipinski definition) is 4. The fourth-order valence-corrected chi connectivity index (χ4v) is 2.95.